The molecule has 0 aromatic heterocycles. The first-order valence-electron chi connectivity index (χ1n) is 6.97. The summed E-state index contributed by atoms with van der Waals surface area (Å²) in [5, 5.41) is 14.5. The number of carbonyl (C=O) groups is 2. The lowest BCUT2D eigenvalue weighted by molar-refractivity contribution is 0.0696. The summed E-state index contributed by atoms with van der Waals surface area (Å²) in [6.07, 6.45) is 0.931. The second-order valence-corrected chi connectivity index (χ2v) is 6.11. The summed E-state index contributed by atoms with van der Waals surface area (Å²) in [7, 11) is 0. The van der Waals surface area contributed by atoms with E-state index in [2.05, 4.69) is 17.6 Å². The first-order chi connectivity index (χ1) is 10.0. The number of benzene rings is 1. The number of aromatic carboxylic acids is 1. The number of hydrogen-bond acceptors (Lipinski definition) is 3. The fourth-order valence-electron chi connectivity index (χ4n) is 1.75. The molecule has 21 heavy (non-hydrogen) atoms. The van der Waals surface area contributed by atoms with E-state index in [0.717, 1.165) is 23.5 Å². The van der Waals surface area contributed by atoms with Crippen LogP contribution in [-0.4, -0.2) is 34.7 Å². The van der Waals surface area contributed by atoms with Gasteiger partial charge in [0.15, 0.2) is 0 Å². The molecule has 0 heterocycles. The van der Waals surface area contributed by atoms with Gasteiger partial charge in [-0.2, -0.15) is 11.8 Å². The average molecular weight is 310 g/mol. The predicted octanol–water partition coefficient (Wildman–Crippen LogP) is 2.72. The van der Waals surface area contributed by atoms with E-state index in [0.29, 0.717) is 6.54 Å². The number of thioether (sulfide) groups is 1. The summed E-state index contributed by atoms with van der Waals surface area (Å²) in [5.41, 5.74) is 0.985. The highest BCUT2D eigenvalue weighted by molar-refractivity contribution is 7.99. The lowest BCUT2D eigenvalue weighted by atomic mass is 10.1. The molecule has 0 bridgehead atoms. The van der Waals surface area contributed by atoms with Crippen LogP contribution in [0.2, 0.25) is 0 Å². The normalized spacial score (nSPS) is 11.7. The zero-order valence-corrected chi connectivity index (χ0v) is 13.2. The largest absolute Gasteiger partial charge is 0.478 e. The number of amides is 2. The molecule has 0 saturated carbocycles. The first-order valence-corrected chi connectivity index (χ1v) is 8.12. The van der Waals surface area contributed by atoms with E-state index in [-0.39, 0.29) is 17.6 Å². The van der Waals surface area contributed by atoms with Crippen molar-refractivity contribution in [2.24, 2.45) is 0 Å². The number of urea groups is 1. The van der Waals surface area contributed by atoms with Crippen LogP contribution in [0.1, 0.15) is 36.2 Å². The fourth-order valence-corrected chi connectivity index (χ4v) is 2.56. The summed E-state index contributed by atoms with van der Waals surface area (Å²) in [4.78, 5) is 22.6. The Morgan fingerprint density at radius 1 is 1.38 bits per heavy atom. The summed E-state index contributed by atoms with van der Waals surface area (Å²) in [6.45, 7) is 4.39. The molecule has 1 rings (SSSR count). The van der Waals surface area contributed by atoms with Gasteiger partial charge in [0.2, 0.25) is 0 Å². The molecule has 1 aromatic rings. The lowest BCUT2D eigenvalue weighted by Crippen LogP contribution is -2.40. The molecule has 0 radical (unpaired) electrons. The minimum Gasteiger partial charge on any atom is -0.478 e. The standard InChI is InChI=1S/C15H22N2O3S/c1-3-21-8-7-11(2)17-15(20)16-10-12-5-4-6-13(9-12)14(18)19/h4-6,9,11H,3,7-8,10H2,1-2H3,(H,18,19)(H2,16,17,20). The van der Waals surface area contributed by atoms with Crippen molar-refractivity contribution in [3.63, 3.8) is 0 Å². The molecule has 0 saturated heterocycles. The van der Waals surface area contributed by atoms with Crippen molar-refractivity contribution in [3.05, 3.63) is 35.4 Å². The molecule has 1 aromatic carbocycles. The Morgan fingerprint density at radius 3 is 2.81 bits per heavy atom. The highest BCUT2D eigenvalue weighted by Crippen LogP contribution is 2.05. The van der Waals surface area contributed by atoms with Crippen molar-refractivity contribution >= 4 is 23.8 Å². The topological polar surface area (TPSA) is 78.4 Å². The van der Waals surface area contributed by atoms with Crippen molar-refractivity contribution in [1.82, 2.24) is 10.6 Å². The number of rotatable bonds is 8. The second-order valence-electron chi connectivity index (χ2n) is 4.72. The predicted molar refractivity (Wildman–Crippen MR) is 85.9 cm³/mol. The SMILES string of the molecule is CCSCCC(C)NC(=O)NCc1cccc(C(=O)O)c1. The Labute approximate surface area is 129 Å². The van der Waals surface area contributed by atoms with Gasteiger partial charge in [-0.05, 0) is 42.5 Å². The van der Waals surface area contributed by atoms with E-state index in [9.17, 15) is 9.59 Å². The van der Waals surface area contributed by atoms with Crippen molar-refractivity contribution < 1.29 is 14.7 Å². The van der Waals surface area contributed by atoms with Gasteiger partial charge < -0.3 is 15.7 Å². The number of nitrogens with one attached hydrogen (secondary N) is 2. The van der Waals surface area contributed by atoms with E-state index < -0.39 is 5.97 Å². The van der Waals surface area contributed by atoms with Gasteiger partial charge in [0, 0.05) is 12.6 Å². The highest BCUT2D eigenvalue weighted by Gasteiger charge is 2.07. The van der Waals surface area contributed by atoms with E-state index in [1.54, 1.807) is 18.2 Å². The monoisotopic (exact) mass is 310 g/mol. The molecular formula is C15H22N2O3S. The average Bonchev–Trinajstić information content (AvgIpc) is 2.45. The van der Waals surface area contributed by atoms with Crippen molar-refractivity contribution in [2.45, 2.75) is 32.9 Å². The molecule has 2 amide bonds. The molecular weight excluding hydrogens is 288 g/mol. The Bertz CT molecular complexity index is 480. The first kappa shape index (κ1) is 17.4. The van der Waals surface area contributed by atoms with Gasteiger partial charge in [0.1, 0.15) is 0 Å². The third-order valence-corrected chi connectivity index (χ3v) is 3.84. The number of carboxylic acids is 1. The van der Waals surface area contributed by atoms with Crippen LogP contribution in [0.15, 0.2) is 24.3 Å². The van der Waals surface area contributed by atoms with Crippen LogP contribution in [0.5, 0.6) is 0 Å². The van der Waals surface area contributed by atoms with E-state index in [4.69, 9.17) is 5.11 Å². The number of hydrogen-bond donors (Lipinski definition) is 3. The zero-order chi connectivity index (χ0) is 15.7. The zero-order valence-electron chi connectivity index (χ0n) is 12.4. The van der Waals surface area contributed by atoms with Gasteiger partial charge in [-0.3, -0.25) is 0 Å². The minimum absolute atomic E-state index is 0.120. The second kappa shape index (κ2) is 9.28. The molecule has 1 atom stereocenters. The maximum absolute atomic E-state index is 11.7. The van der Waals surface area contributed by atoms with Gasteiger partial charge in [-0.15, -0.1) is 0 Å². The van der Waals surface area contributed by atoms with Crippen molar-refractivity contribution in [3.8, 4) is 0 Å². The minimum atomic E-state index is -0.969. The van der Waals surface area contributed by atoms with Crippen molar-refractivity contribution in [1.29, 1.82) is 0 Å². The van der Waals surface area contributed by atoms with Gasteiger partial charge >= 0.3 is 12.0 Å². The van der Waals surface area contributed by atoms with E-state index in [1.807, 2.05) is 18.7 Å². The Balaban J connectivity index is 2.35. The van der Waals surface area contributed by atoms with Crippen LogP contribution < -0.4 is 10.6 Å². The van der Waals surface area contributed by atoms with Gasteiger partial charge in [0.25, 0.3) is 0 Å². The molecule has 3 N–H and O–H groups in total. The molecule has 1 unspecified atom stereocenters. The lowest BCUT2D eigenvalue weighted by Gasteiger charge is -2.14. The van der Waals surface area contributed by atoms with E-state index >= 15 is 0 Å². The van der Waals surface area contributed by atoms with Gasteiger partial charge in [-0.25, -0.2) is 9.59 Å². The third kappa shape index (κ3) is 7.04. The Hall–Kier alpha value is -1.69. The van der Waals surface area contributed by atoms with Crippen LogP contribution >= 0.6 is 11.8 Å². The highest BCUT2D eigenvalue weighted by atomic mass is 32.2. The van der Waals surface area contributed by atoms with Crippen LogP contribution in [0.25, 0.3) is 0 Å². The molecule has 0 fully saturated rings. The number of carboxylic acid groups (broad SMARTS) is 1. The summed E-state index contributed by atoms with van der Waals surface area (Å²) < 4.78 is 0. The van der Waals surface area contributed by atoms with Crippen molar-refractivity contribution in [2.75, 3.05) is 11.5 Å². The summed E-state index contributed by atoms with van der Waals surface area (Å²) >= 11 is 1.85. The molecule has 0 aliphatic heterocycles. The molecule has 0 aliphatic carbocycles. The van der Waals surface area contributed by atoms with Gasteiger partial charge in [0.05, 0.1) is 5.56 Å². The molecule has 0 spiro atoms. The summed E-state index contributed by atoms with van der Waals surface area (Å²) in [5.74, 6) is 1.14. The fraction of sp³-hybridized carbons (Fsp3) is 0.467. The van der Waals surface area contributed by atoms with E-state index in [1.165, 1.54) is 6.07 Å². The molecule has 5 nitrogen and oxygen atoms in total. The molecule has 6 heteroatoms. The molecule has 116 valence electrons. The summed E-state index contributed by atoms with van der Waals surface area (Å²) in [6, 6.07) is 6.43. The van der Waals surface area contributed by atoms with Crippen LogP contribution in [0.4, 0.5) is 4.79 Å². The quantitative estimate of drug-likeness (QED) is 0.645. The molecule has 0 aliphatic rings. The number of carbonyl (C=O) groups excluding carboxylic acids is 1. The smallest absolute Gasteiger partial charge is 0.335 e. The maximum atomic E-state index is 11.7. The Morgan fingerprint density at radius 2 is 2.14 bits per heavy atom. The Kier molecular flexibility index (Phi) is 7.68. The maximum Gasteiger partial charge on any atom is 0.335 e. The van der Waals surface area contributed by atoms with Crippen LogP contribution in [0.3, 0.4) is 0 Å². The van der Waals surface area contributed by atoms with Crippen LogP contribution in [0, 0.1) is 0 Å². The van der Waals surface area contributed by atoms with Gasteiger partial charge in [-0.1, -0.05) is 19.1 Å². The van der Waals surface area contributed by atoms with Crippen LogP contribution in [-0.2, 0) is 6.54 Å². The third-order valence-electron chi connectivity index (χ3n) is 2.90.